The van der Waals surface area contributed by atoms with E-state index in [9.17, 15) is 8.42 Å². The fourth-order valence-electron chi connectivity index (χ4n) is 1.03. The average molecular weight is 299 g/mol. The van der Waals surface area contributed by atoms with Crippen LogP contribution in [0.3, 0.4) is 0 Å². The maximum absolute atomic E-state index is 10.9. The van der Waals surface area contributed by atoms with Crippen molar-refractivity contribution >= 4 is 44.8 Å². The summed E-state index contributed by atoms with van der Waals surface area (Å²) in [6, 6.07) is 5.33. The number of rotatable bonds is 5. The number of thioether (sulfide) groups is 1. The van der Waals surface area contributed by atoms with Gasteiger partial charge in [-0.2, -0.15) is 11.8 Å². The molecule has 0 saturated carbocycles. The lowest BCUT2D eigenvalue weighted by atomic mass is 10.2. The predicted molar refractivity (Wildman–Crippen MR) is 72.3 cm³/mol. The second-order valence-corrected chi connectivity index (χ2v) is 7.63. The zero-order valence-corrected chi connectivity index (χ0v) is 11.9. The minimum absolute atomic E-state index is 0.197. The van der Waals surface area contributed by atoms with Crippen molar-refractivity contribution in [3.63, 3.8) is 0 Å². The zero-order chi connectivity index (χ0) is 12.2. The largest absolute Gasteiger partial charge is 0.229 e. The Bertz CT molecular complexity index is 458. The van der Waals surface area contributed by atoms with Crippen LogP contribution >= 0.6 is 35.0 Å². The SMILES string of the molecule is CS(=O)(=O)CCSCc1ccc(Cl)cc1Cl. The highest BCUT2D eigenvalue weighted by atomic mass is 35.5. The van der Waals surface area contributed by atoms with Crippen molar-refractivity contribution in [3.8, 4) is 0 Å². The molecule has 0 aliphatic heterocycles. The van der Waals surface area contributed by atoms with E-state index in [1.807, 2.05) is 6.07 Å². The molecule has 0 unspecified atom stereocenters. The van der Waals surface area contributed by atoms with Crippen LogP contribution in [0, 0.1) is 0 Å². The van der Waals surface area contributed by atoms with E-state index in [4.69, 9.17) is 23.2 Å². The minimum Gasteiger partial charge on any atom is -0.229 e. The van der Waals surface area contributed by atoms with Gasteiger partial charge in [-0.3, -0.25) is 0 Å². The van der Waals surface area contributed by atoms with Crippen LogP contribution in [0.1, 0.15) is 5.56 Å². The van der Waals surface area contributed by atoms with Crippen LogP contribution in [-0.4, -0.2) is 26.2 Å². The highest BCUT2D eigenvalue weighted by Gasteiger charge is 2.04. The number of halogens is 2. The monoisotopic (exact) mass is 298 g/mol. The molecule has 0 spiro atoms. The molecule has 2 nitrogen and oxygen atoms in total. The smallest absolute Gasteiger partial charge is 0.148 e. The highest BCUT2D eigenvalue weighted by molar-refractivity contribution is 7.99. The van der Waals surface area contributed by atoms with E-state index >= 15 is 0 Å². The number of hydrogen-bond donors (Lipinski definition) is 0. The standard InChI is InChI=1S/C10H12Cl2O2S2/c1-16(13,14)5-4-15-7-8-2-3-9(11)6-10(8)12/h2-3,6H,4-5,7H2,1H3. The zero-order valence-electron chi connectivity index (χ0n) is 8.74. The molecular weight excluding hydrogens is 287 g/mol. The predicted octanol–water partition coefficient (Wildman–Crippen LogP) is 3.27. The van der Waals surface area contributed by atoms with Crippen molar-refractivity contribution in [1.82, 2.24) is 0 Å². The second kappa shape index (κ2) is 6.15. The summed E-state index contributed by atoms with van der Waals surface area (Å²) in [6.07, 6.45) is 1.24. The molecule has 1 aromatic rings. The number of sulfone groups is 1. The first-order chi connectivity index (χ1) is 7.38. The minimum atomic E-state index is -2.87. The molecule has 0 bridgehead atoms. The molecule has 0 aliphatic carbocycles. The van der Waals surface area contributed by atoms with Gasteiger partial charge < -0.3 is 0 Å². The van der Waals surface area contributed by atoms with Gasteiger partial charge in [-0.15, -0.1) is 0 Å². The Hall–Kier alpha value is 0.1000. The lowest BCUT2D eigenvalue weighted by Crippen LogP contribution is -2.05. The molecule has 1 aromatic carbocycles. The summed E-state index contributed by atoms with van der Waals surface area (Å²) in [4.78, 5) is 0. The molecule has 0 radical (unpaired) electrons. The molecule has 0 fully saturated rings. The third-order valence-electron chi connectivity index (χ3n) is 1.87. The summed E-state index contributed by atoms with van der Waals surface area (Å²) in [5, 5.41) is 1.23. The molecule has 16 heavy (non-hydrogen) atoms. The second-order valence-electron chi connectivity index (χ2n) is 3.42. The van der Waals surface area contributed by atoms with Gasteiger partial charge in [0.05, 0.1) is 5.75 Å². The molecule has 0 aliphatic rings. The molecule has 6 heteroatoms. The van der Waals surface area contributed by atoms with Crippen LogP contribution in [0.4, 0.5) is 0 Å². The van der Waals surface area contributed by atoms with E-state index in [2.05, 4.69) is 0 Å². The molecule has 90 valence electrons. The molecule has 0 amide bonds. The van der Waals surface area contributed by atoms with Gasteiger partial charge >= 0.3 is 0 Å². The van der Waals surface area contributed by atoms with Gasteiger partial charge in [0.2, 0.25) is 0 Å². The van der Waals surface area contributed by atoms with Crippen molar-refractivity contribution in [3.05, 3.63) is 33.8 Å². The van der Waals surface area contributed by atoms with E-state index in [0.29, 0.717) is 21.6 Å². The number of hydrogen-bond acceptors (Lipinski definition) is 3. The van der Waals surface area contributed by atoms with Crippen molar-refractivity contribution in [2.24, 2.45) is 0 Å². The molecular formula is C10H12Cl2O2S2. The van der Waals surface area contributed by atoms with Crippen LogP contribution in [0.25, 0.3) is 0 Å². The Morgan fingerprint density at radius 2 is 2.00 bits per heavy atom. The van der Waals surface area contributed by atoms with Crippen LogP contribution in [0.2, 0.25) is 10.0 Å². The molecule has 0 aromatic heterocycles. The topological polar surface area (TPSA) is 34.1 Å². The Morgan fingerprint density at radius 1 is 1.31 bits per heavy atom. The average Bonchev–Trinajstić information content (AvgIpc) is 2.13. The fraction of sp³-hybridized carbons (Fsp3) is 0.400. The lowest BCUT2D eigenvalue weighted by molar-refractivity contribution is 0.603. The van der Waals surface area contributed by atoms with E-state index in [1.165, 1.54) is 6.26 Å². The molecule has 0 saturated heterocycles. The van der Waals surface area contributed by atoms with Crippen molar-refractivity contribution in [1.29, 1.82) is 0 Å². The van der Waals surface area contributed by atoms with Gasteiger partial charge in [0.15, 0.2) is 0 Å². The highest BCUT2D eigenvalue weighted by Crippen LogP contribution is 2.24. The lowest BCUT2D eigenvalue weighted by Gasteiger charge is -2.04. The van der Waals surface area contributed by atoms with Crippen LogP contribution in [0.5, 0.6) is 0 Å². The normalized spacial score (nSPS) is 11.7. The van der Waals surface area contributed by atoms with E-state index in [0.717, 1.165) is 5.56 Å². The molecule has 0 heterocycles. The van der Waals surface area contributed by atoms with Gasteiger partial charge in [-0.25, -0.2) is 8.42 Å². The third kappa shape index (κ3) is 5.43. The van der Waals surface area contributed by atoms with E-state index < -0.39 is 9.84 Å². The summed E-state index contributed by atoms with van der Waals surface area (Å²) in [5.74, 6) is 1.48. The first kappa shape index (κ1) is 14.2. The quantitative estimate of drug-likeness (QED) is 0.783. The maximum atomic E-state index is 10.9. The first-order valence-electron chi connectivity index (χ1n) is 4.58. The van der Waals surface area contributed by atoms with E-state index in [1.54, 1.807) is 23.9 Å². The van der Waals surface area contributed by atoms with Crippen LogP contribution in [-0.2, 0) is 15.6 Å². The third-order valence-corrected chi connectivity index (χ3v) is 4.67. The Labute approximate surface area is 110 Å². The van der Waals surface area contributed by atoms with E-state index in [-0.39, 0.29) is 5.75 Å². The molecule has 1 rings (SSSR count). The van der Waals surface area contributed by atoms with Gasteiger partial charge in [0.1, 0.15) is 9.84 Å². The maximum Gasteiger partial charge on any atom is 0.148 e. The molecule has 0 atom stereocenters. The Kier molecular flexibility index (Phi) is 5.44. The van der Waals surface area contributed by atoms with Crippen molar-refractivity contribution in [2.75, 3.05) is 17.8 Å². The first-order valence-corrected chi connectivity index (χ1v) is 8.55. The van der Waals surface area contributed by atoms with Crippen LogP contribution < -0.4 is 0 Å². The van der Waals surface area contributed by atoms with Gasteiger partial charge in [0.25, 0.3) is 0 Å². The fourth-order valence-corrected chi connectivity index (χ4v) is 3.88. The Morgan fingerprint density at radius 3 is 2.56 bits per heavy atom. The number of benzene rings is 1. The summed E-state index contributed by atoms with van der Waals surface area (Å²) >= 11 is 13.3. The van der Waals surface area contributed by atoms with Gasteiger partial charge in [-0.1, -0.05) is 29.3 Å². The summed E-state index contributed by atoms with van der Waals surface area (Å²) in [6.45, 7) is 0. The van der Waals surface area contributed by atoms with Gasteiger partial charge in [0, 0.05) is 27.8 Å². The summed E-state index contributed by atoms with van der Waals surface area (Å²) in [5.41, 5.74) is 0.976. The van der Waals surface area contributed by atoms with Gasteiger partial charge in [-0.05, 0) is 17.7 Å². The molecule has 0 N–H and O–H groups in total. The summed E-state index contributed by atoms with van der Waals surface area (Å²) < 4.78 is 21.8. The van der Waals surface area contributed by atoms with Crippen molar-refractivity contribution < 1.29 is 8.42 Å². The van der Waals surface area contributed by atoms with Crippen molar-refractivity contribution in [2.45, 2.75) is 5.75 Å². The Balaban J connectivity index is 2.43. The van der Waals surface area contributed by atoms with Crippen LogP contribution in [0.15, 0.2) is 18.2 Å². The summed E-state index contributed by atoms with van der Waals surface area (Å²) in [7, 11) is -2.87.